The van der Waals surface area contributed by atoms with Crippen LogP contribution in [0.15, 0.2) is 24.3 Å². The average molecular weight is 321 g/mol. The lowest BCUT2D eigenvalue weighted by atomic mass is 10.1. The summed E-state index contributed by atoms with van der Waals surface area (Å²) in [5.41, 5.74) is 1.10. The van der Waals surface area contributed by atoms with Crippen LogP contribution in [-0.2, 0) is 20.8 Å². The predicted octanol–water partition coefficient (Wildman–Crippen LogP) is 1.93. The summed E-state index contributed by atoms with van der Waals surface area (Å²) in [5, 5.41) is 8.88. The number of ether oxygens (including phenoxy) is 2. The minimum atomic E-state index is -0.961. The van der Waals surface area contributed by atoms with E-state index in [9.17, 15) is 9.59 Å². The molecule has 23 heavy (non-hydrogen) atoms. The van der Waals surface area contributed by atoms with Crippen molar-refractivity contribution in [2.24, 2.45) is 0 Å². The normalized spacial score (nSPS) is 18.6. The maximum atomic E-state index is 12.3. The van der Waals surface area contributed by atoms with Crippen LogP contribution in [0.4, 0.5) is 0 Å². The standard InChI is InChI=1S/C17H23NO5/c1-12(23-11-15-4-3-9-22-15)16(19)18(2)10-13-5-7-14(8-6-13)17(20)21/h5-8,12,15H,3-4,9-11H2,1-2H3,(H,20,21)/t12-,15-/m0/s1. The van der Waals surface area contributed by atoms with Gasteiger partial charge in [0.2, 0.25) is 0 Å². The molecule has 126 valence electrons. The fourth-order valence-electron chi connectivity index (χ4n) is 2.51. The Balaban J connectivity index is 1.82. The maximum absolute atomic E-state index is 12.3. The van der Waals surface area contributed by atoms with Crippen molar-refractivity contribution >= 4 is 11.9 Å². The highest BCUT2D eigenvalue weighted by atomic mass is 16.5. The third-order valence-corrected chi connectivity index (χ3v) is 3.90. The van der Waals surface area contributed by atoms with E-state index in [4.69, 9.17) is 14.6 Å². The first-order chi connectivity index (χ1) is 11.0. The summed E-state index contributed by atoms with van der Waals surface area (Å²) in [4.78, 5) is 24.7. The molecule has 0 saturated carbocycles. The number of carbonyl (C=O) groups excluding carboxylic acids is 1. The van der Waals surface area contributed by atoms with Gasteiger partial charge in [0.15, 0.2) is 0 Å². The van der Waals surface area contributed by atoms with Crippen LogP contribution in [0.3, 0.4) is 0 Å². The van der Waals surface area contributed by atoms with Crippen LogP contribution in [0, 0.1) is 0 Å². The van der Waals surface area contributed by atoms with Crippen molar-refractivity contribution in [1.82, 2.24) is 4.90 Å². The SMILES string of the molecule is C[C@H](OC[C@@H]1CCCO1)C(=O)N(C)Cc1ccc(C(=O)O)cc1. The summed E-state index contributed by atoms with van der Waals surface area (Å²) < 4.78 is 11.1. The monoisotopic (exact) mass is 321 g/mol. The predicted molar refractivity (Wildman–Crippen MR) is 84.3 cm³/mol. The molecule has 2 atom stereocenters. The van der Waals surface area contributed by atoms with Crippen molar-refractivity contribution in [3.8, 4) is 0 Å². The van der Waals surface area contributed by atoms with Gasteiger partial charge < -0.3 is 19.5 Å². The molecule has 0 spiro atoms. The quantitative estimate of drug-likeness (QED) is 0.830. The summed E-state index contributed by atoms with van der Waals surface area (Å²) in [5.74, 6) is -1.07. The first-order valence-corrected chi connectivity index (χ1v) is 7.78. The maximum Gasteiger partial charge on any atom is 0.335 e. The number of rotatable bonds is 7. The van der Waals surface area contributed by atoms with E-state index in [1.165, 1.54) is 12.1 Å². The lowest BCUT2D eigenvalue weighted by Gasteiger charge is -2.22. The Morgan fingerprint density at radius 2 is 2.09 bits per heavy atom. The lowest BCUT2D eigenvalue weighted by molar-refractivity contribution is -0.143. The van der Waals surface area contributed by atoms with E-state index < -0.39 is 12.1 Å². The fraction of sp³-hybridized carbons (Fsp3) is 0.529. The molecule has 6 heteroatoms. The topological polar surface area (TPSA) is 76.1 Å². The number of carboxylic acid groups (broad SMARTS) is 1. The van der Waals surface area contributed by atoms with Crippen LogP contribution < -0.4 is 0 Å². The first-order valence-electron chi connectivity index (χ1n) is 7.78. The molecule has 1 aliphatic rings. The van der Waals surface area contributed by atoms with Gasteiger partial charge in [-0.1, -0.05) is 12.1 Å². The van der Waals surface area contributed by atoms with Crippen LogP contribution in [0.25, 0.3) is 0 Å². The van der Waals surface area contributed by atoms with E-state index in [0.717, 1.165) is 25.0 Å². The molecule has 0 radical (unpaired) electrons. The van der Waals surface area contributed by atoms with Crippen LogP contribution in [0.5, 0.6) is 0 Å². The van der Waals surface area contributed by atoms with Gasteiger partial charge in [0, 0.05) is 20.2 Å². The van der Waals surface area contributed by atoms with Gasteiger partial charge in [-0.05, 0) is 37.5 Å². The van der Waals surface area contributed by atoms with E-state index in [1.54, 1.807) is 31.0 Å². The molecule has 1 N–H and O–H groups in total. The Bertz CT molecular complexity index is 536. The molecule has 0 aliphatic carbocycles. The molecule has 1 aromatic carbocycles. The molecule has 1 aliphatic heterocycles. The first kappa shape index (κ1) is 17.4. The lowest BCUT2D eigenvalue weighted by Crippen LogP contribution is -2.37. The molecule has 1 fully saturated rings. The Labute approximate surface area is 136 Å². The minimum Gasteiger partial charge on any atom is -0.478 e. The Hall–Kier alpha value is -1.92. The fourth-order valence-corrected chi connectivity index (χ4v) is 2.51. The summed E-state index contributed by atoms with van der Waals surface area (Å²) in [7, 11) is 1.71. The zero-order valence-electron chi connectivity index (χ0n) is 13.5. The van der Waals surface area contributed by atoms with Gasteiger partial charge in [0.1, 0.15) is 6.10 Å². The van der Waals surface area contributed by atoms with Crippen molar-refractivity contribution in [3.05, 3.63) is 35.4 Å². The van der Waals surface area contributed by atoms with Crippen LogP contribution in [0.1, 0.15) is 35.7 Å². The third kappa shape index (κ3) is 5.04. The van der Waals surface area contributed by atoms with Gasteiger partial charge in [-0.3, -0.25) is 4.79 Å². The molecule has 1 heterocycles. The molecule has 1 aromatic rings. The molecular weight excluding hydrogens is 298 g/mol. The number of carbonyl (C=O) groups is 2. The van der Waals surface area contributed by atoms with E-state index in [-0.39, 0.29) is 17.6 Å². The number of amides is 1. The number of hydrogen-bond donors (Lipinski definition) is 1. The number of likely N-dealkylation sites (N-methyl/N-ethyl adjacent to an activating group) is 1. The van der Waals surface area contributed by atoms with Crippen molar-refractivity contribution in [2.75, 3.05) is 20.3 Å². The summed E-state index contributed by atoms with van der Waals surface area (Å²) in [6.45, 7) is 3.35. The zero-order valence-corrected chi connectivity index (χ0v) is 13.5. The van der Waals surface area contributed by atoms with E-state index in [1.807, 2.05) is 0 Å². The number of nitrogens with zero attached hydrogens (tertiary/aromatic N) is 1. The van der Waals surface area contributed by atoms with Crippen molar-refractivity contribution < 1.29 is 24.2 Å². The Morgan fingerprint density at radius 1 is 1.39 bits per heavy atom. The second kappa shape index (κ2) is 8.08. The van der Waals surface area contributed by atoms with Crippen molar-refractivity contribution in [1.29, 1.82) is 0 Å². The number of benzene rings is 1. The number of hydrogen-bond acceptors (Lipinski definition) is 4. The molecule has 0 aromatic heterocycles. The van der Waals surface area contributed by atoms with Gasteiger partial charge in [-0.2, -0.15) is 0 Å². The van der Waals surface area contributed by atoms with Gasteiger partial charge in [0.25, 0.3) is 5.91 Å². The van der Waals surface area contributed by atoms with Crippen LogP contribution >= 0.6 is 0 Å². The molecule has 6 nitrogen and oxygen atoms in total. The molecule has 2 rings (SSSR count). The second-order valence-electron chi connectivity index (χ2n) is 5.81. The van der Waals surface area contributed by atoms with Gasteiger partial charge >= 0.3 is 5.97 Å². The van der Waals surface area contributed by atoms with Gasteiger partial charge in [-0.15, -0.1) is 0 Å². The van der Waals surface area contributed by atoms with E-state index in [0.29, 0.717) is 13.2 Å². The van der Waals surface area contributed by atoms with Crippen molar-refractivity contribution in [2.45, 2.75) is 38.5 Å². The average Bonchev–Trinajstić information content (AvgIpc) is 3.05. The minimum absolute atomic E-state index is 0.0964. The molecular formula is C17H23NO5. The van der Waals surface area contributed by atoms with E-state index >= 15 is 0 Å². The summed E-state index contributed by atoms with van der Waals surface area (Å²) in [6, 6.07) is 6.50. The highest BCUT2D eigenvalue weighted by molar-refractivity contribution is 5.87. The molecule has 0 bridgehead atoms. The summed E-state index contributed by atoms with van der Waals surface area (Å²) >= 11 is 0. The van der Waals surface area contributed by atoms with Gasteiger partial charge in [-0.25, -0.2) is 4.79 Å². The largest absolute Gasteiger partial charge is 0.478 e. The van der Waals surface area contributed by atoms with Crippen LogP contribution in [0.2, 0.25) is 0 Å². The Morgan fingerprint density at radius 3 is 2.65 bits per heavy atom. The van der Waals surface area contributed by atoms with E-state index in [2.05, 4.69) is 0 Å². The molecule has 1 amide bonds. The van der Waals surface area contributed by atoms with Gasteiger partial charge in [0.05, 0.1) is 18.3 Å². The highest BCUT2D eigenvalue weighted by Gasteiger charge is 2.22. The molecule has 1 saturated heterocycles. The third-order valence-electron chi connectivity index (χ3n) is 3.90. The van der Waals surface area contributed by atoms with Crippen molar-refractivity contribution in [3.63, 3.8) is 0 Å². The smallest absolute Gasteiger partial charge is 0.335 e. The van der Waals surface area contributed by atoms with Crippen LogP contribution in [-0.4, -0.2) is 54.4 Å². The Kier molecular flexibility index (Phi) is 6.12. The number of aromatic carboxylic acids is 1. The summed E-state index contributed by atoms with van der Waals surface area (Å²) in [6.07, 6.45) is 1.59. The highest BCUT2D eigenvalue weighted by Crippen LogP contribution is 2.14. The second-order valence-corrected chi connectivity index (χ2v) is 5.81. The number of carboxylic acids is 1. The molecule has 0 unspecified atom stereocenters. The zero-order chi connectivity index (χ0) is 16.8.